The van der Waals surface area contributed by atoms with Gasteiger partial charge in [0.25, 0.3) is 0 Å². The quantitative estimate of drug-likeness (QED) is 0.452. The molecule has 0 saturated carbocycles. The molecule has 2 aromatic heterocycles. The zero-order valence-electron chi connectivity index (χ0n) is 16.3. The van der Waals surface area contributed by atoms with Crippen LogP contribution in [0.1, 0.15) is 31.4 Å². The fourth-order valence-electron chi connectivity index (χ4n) is 4.13. The molecule has 0 atom stereocenters. The number of pyridine rings is 1. The van der Waals surface area contributed by atoms with Crippen molar-refractivity contribution in [3.63, 3.8) is 0 Å². The molecule has 2 heterocycles. The second kappa shape index (κ2) is 6.31. The van der Waals surface area contributed by atoms with Gasteiger partial charge in [0.1, 0.15) is 5.75 Å². The van der Waals surface area contributed by atoms with Crippen LogP contribution in [0, 0.1) is 19.8 Å². The molecule has 0 aliphatic rings. The van der Waals surface area contributed by atoms with E-state index in [-0.39, 0.29) is 0 Å². The Bertz CT molecular complexity index is 1120. The number of rotatable bonds is 4. The number of hydrogen-bond donors (Lipinski definition) is 0. The van der Waals surface area contributed by atoms with Crippen LogP contribution in [0.5, 0.6) is 5.75 Å². The van der Waals surface area contributed by atoms with Crippen molar-refractivity contribution in [1.29, 1.82) is 0 Å². The minimum atomic E-state index is 0.673. The maximum Gasteiger partial charge on any atom is 0.119 e. The standard InChI is InChI=1S/C23H26N2O/c1-14(2)9-11-25-21-7-6-17(26-5)12-19(21)22-15(3)20-13-24-10-8-18(20)16(4)23(22)25/h6-8,10,12-14H,9,11H2,1-5H3. The van der Waals surface area contributed by atoms with E-state index in [1.165, 1.54) is 43.7 Å². The Hall–Kier alpha value is -2.55. The summed E-state index contributed by atoms with van der Waals surface area (Å²) in [5, 5.41) is 5.14. The second-order valence-electron chi connectivity index (χ2n) is 7.61. The highest BCUT2D eigenvalue weighted by molar-refractivity contribution is 6.17. The van der Waals surface area contributed by atoms with Gasteiger partial charge in [-0.25, -0.2) is 0 Å². The molecule has 4 rings (SSSR count). The van der Waals surface area contributed by atoms with Crippen LogP contribution in [0.15, 0.2) is 36.7 Å². The van der Waals surface area contributed by atoms with Crippen LogP contribution in [-0.4, -0.2) is 16.7 Å². The normalized spacial score (nSPS) is 11.9. The van der Waals surface area contributed by atoms with Gasteiger partial charge >= 0.3 is 0 Å². The van der Waals surface area contributed by atoms with Gasteiger partial charge in [-0.1, -0.05) is 13.8 Å². The van der Waals surface area contributed by atoms with Gasteiger partial charge in [0.2, 0.25) is 0 Å². The van der Waals surface area contributed by atoms with Crippen LogP contribution in [0.3, 0.4) is 0 Å². The second-order valence-corrected chi connectivity index (χ2v) is 7.61. The maximum absolute atomic E-state index is 5.51. The fourth-order valence-corrected chi connectivity index (χ4v) is 4.13. The number of nitrogens with zero attached hydrogens (tertiary/aromatic N) is 2. The molecule has 134 valence electrons. The molecule has 2 aromatic carbocycles. The highest BCUT2D eigenvalue weighted by Crippen LogP contribution is 2.39. The van der Waals surface area contributed by atoms with E-state index < -0.39 is 0 Å². The van der Waals surface area contributed by atoms with Gasteiger partial charge in [-0.05, 0) is 67.0 Å². The summed E-state index contributed by atoms with van der Waals surface area (Å²) >= 11 is 0. The molecular weight excluding hydrogens is 320 g/mol. The van der Waals surface area contributed by atoms with E-state index in [2.05, 4.69) is 61.5 Å². The highest BCUT2D eigenvalue weighted by atomic mass is 16.5. The summed E-state index contributed by atoms with van der Waals surface area (Å²) in [5.74, 6) is 1.58. The van der Waals surface area contributed by atoms with E-state index in [1.807, 2.05) is 12.4 Å². The van der Waals surface area contributed by atoms with Gasteiger partial charge in [0.05, 0.1) is 12.6 Å². The fraction of sp³-hybridized carbons (Fsp3) is 0.348. The summed E-state index contributed by atoms with van der Waals surface area (Å²) in [6.45, 7) is 10.1. The van der Waals surface area contributed by atoms with Gasteiger partial charge in [-0.2, -0.15) is 0 Å². The van der Waals surface area contributed by atoms with Crippen molar-refractivity contribution in [2.45, 2.75) is 40.7 Å². The van der Waals surface area contributed by atoms with Gasteiger partial charge in [-0.3, -0.25) is 4.98 Å². The van der Waals surface area contributed by atoms with Crippen LogP contribution in [-0.2, 0) is 6.54 Å². The summed E-state index contributed by atoms with van der Waals surface area (Å²) in [7, 11) is 1.73. The lowest BCUT2D eigenvalue weighted by molar-refractivity contribution is 0.415. The van der Waals surface area contributed by atoms with Crippen molar-refractivity contribution in [1.82, 2.24) is 9.55 Å². The number of aryl methyl sites for hydroxylation is 3. The average Bonchev–Trinajstić information content (AvgIpc) is 2.98. The average molecular weight is 346 g/mol. The molecule has 0 aliphatic heterocycles. The lowest BCUT2D eigenvalue weighted by Crippen LogP contribution is -2.02. The molecule has 0 N–H and O–H groups in total. The molecule has 3 heteroatoms. The predicted molar refractivity (Wildman–Crippen MR) is 110 cm³/mol. The van der Waals surface area contributed by atoms with Crippen molar-refractivity contribution in [3.8, 4) is 5.75 Å². The Morgan fingerprint density at radius 1 is 1.04 bits per heavy atom. The Kier molecular flexibility index (Phi) is 4.10. The minimum absolute atomic E-state index is 0.673. The predicted octanol–water partition coefficient (Wildman–Crippen LogP) is 6.01. The molecule has 0 aliphatic carbocycles. The van der Waals surface area contributed by atoms with E-state index in [0.29, 0.717) is 5.92 Å². The number of benzene rings is 2. The molecule has 0 fully saturated rings. The van der Waals surface area contributed by atoms with E-state index >= 15 is 0 Å². The zero-order chi connectivity index (χ0) is 18.4. The van der Waals surface area contributed by atoms with Gasteiger partial charge in [-0.15, -0.1) is 0 Å². The lowest BCUT2D eigenvalue weighted by atomic mass is 9.97. The van der Waals surface area contributed by atoms with Gasteiger partial charge in [0.15, 0.2) is 0 Å². The number of methoxy groups -OCH3 is 1. The number of aromatic nitrogens is 2. The molecule has 0 unspecified atom stereocenters. The highest BCUT2D eigenvalue weighted by Gasteiger charge is 2.18. The third kappa shape index (κ3) is 2.45. The third-order valence-electron chi connectivity index (χ3n) is 5.56. The first-order chi connectivity index (χ1) is 12.5. The molecule has 3 nitrogen and oxygen atoms in total. The van der Waals surface area contributed by atoms with Crippen LogP contribution in [0.4, 0.5) is 0 Å². The topological polar surface area (TPSA) is 27.1 Å². The van der Waals surface area contributed by atoms with E-state index in [4.69, 9.17) is 4.74 Å². The van der Waals surface area contributed by atoms with Crippen LogP contribution >= 0.6 is 0 Å². The van der Waals surface area contributed by atoms with Crippen LogP contribution < -0.4 is 4.74 Å². The largest absolute Gasteiger partial charge is 0.497 e. The number of ether oxygens (including phenoxy) is 1. The third-order valence-corrected chi connectivity index (χ3v) is 5.56. The molecule has 0 bridgehead atoms. The molecule has 0 saturated heterocycles. The van der Waals surface area contributed by atoms with E-state index in [9.17, 15) is 0 Å². The monoisotopic (exact) mass is 346 g/mol. The minimum Gasteiger partial charge on any atom is -0.497 e. The summed E-state index contributed by atoms with van der Waals surface area (Å²) in [6.07, 6.45) is 5.05. The van der Waals surface area contributed by atoms with Gasteiger partial charge in [0, 0.05) is 40.6 Å². The lowest BCUT2D eigenvalue weighted by Gasteiger charge is -2.14. The molecular formula is C23H26N2O. The Labute approximate surface area is 154 Å². The molecule has 4 aromatic rings. The smallest absolute Gasteiger partial charge is 0.119 e. The molecule has 0 radical (unpaired) electrons. The summed E-state index contributed by atoms with van der Waals surface area (Å²) in [4.78, 5) is 4.37. The van der Waals surface area contributed by atoms with Crippen molar-refractivity contribution in [3.05, 3.63) is 47.8 Å². The molecule has 0 amide bonds. The summed E-state index contributed by atoms with van der Waals surface area (Å²) in [5.41, 5.74) is 5.28. The summed E-state index contributed by atoms with van der Waals surface area (Å²) < 4.78 is 8.02. The Balaban J connectivity index is 2.19. The summed E-state index contributed by atoms with van der Waals surface area (Å²) in [6, 6.07) is 8.59. The Morgan fingerprint density at radius 2 is 1.85 bits per heavy atom. The van der Waals surface area contributed by atoms with Crippen molar-refractivity contribution >= 4 is 32.6 Å². The first-order valence-corrected chi connectivity index (χ1v) is 9.35. The number of hydrogen-bond acceptors (Lipinski definition) is 2. The maximum atomic E-state index is 5.51. The van der Waals surface area contributed by atoms with Crippen molar-refractivity contribution in [2.75, 3.05) is 7.11 Å². The zero-order valence-corrected chi connectivity index (χ0v) is 16.3. The van der Waals surface area contributed by atoms with Crippen LogP contribution in [0.25, 0.3) is 32.6 Å². The molecule has 26 heavy (non-hydrogen) atoms. The number of fused-ring (bicyclic) bond motifs is 4. The SMILES string of the molecule is COc1ccc2c(c1)c1c(C)c3cnccc3c(C)c1n2CCC(C)C. The Morgan fingerprint density at radius 3 is 2.58 bits per heavy atom. The first-order valence-electron chi connectivity index (χ1n) is 9.35. The first kappa shape index (κ1) is 16.9. The van der Waals surface area contributed by atoms with Crippen molar-refractivity contribution < 1.29 is 4.74 Å². The van der Waals surface area contributed by atoms with Crippen LogP contribution in [0.2, 0.25) is 0 Å². The van der Waals surface area contributed by atoms with Crippen molar-refractivity contribution in [2.24, 2.45) is 5.92 Å². The van der Waals surface area contributed by atoms with Gasteiger partial charge < -0.3 is 9.30 Å². The van der Waals surface area contributed by atoms with E-state index in [0.717, 1.165) is 18.7 Å². The van der Waals surface area contributed by atoms with E-state index in [1.54, 1.807) is 7.11 Å². The molecule has 0 spiro atoms.